The van der Waals surface area contributed by atoms with Gasteiger partial charge in [0.25, 0.3) is 0 Å². The van der Waals surface area contributed by atoms with E-state index in [1.807, 2.05) is 0 Å². The van der Waals surface area contributed by atoms with Gasteiger partial charge in [-0.15, -0.1) is 0 Å². The monoisotopic (exact) mass is 210 g/mol. The van der Waals surface area contributed by atoms with Gasteiger partial charge in [0.05, 0.1) is 0 Å². The van der Waals surface area contributed by atoms with Crippen LogP contribution < -0.4 is 0 Å². The molecule has 2 aliphatic rings. The quantitative estimate of drug-likeness (QED) is 0.597. The Bertz CT molecular complexity index is 501. The minimum atomic E-state index is 0.219. The van der Waals surface area contributed by atoms with E-state index in [2.05, 4.69) is 57.2 Å². The minimum Gasteiger partial charge on any atom is -0.0807 e. The van der Waals surface area contributed by atoms with Gasteiger partial charge in [0.15, 0.2) is 0 Å². The normalized spacial score (nSPS) is 25.6. The first-order chi connectivity index (χ1) is 7.60. The molecule has 0 spiro atoms. The molecule has 2 aliphatic carbocycles. The summed E-state index contributed by atoms with van der Waals surface area (Å²) in [5.74, 6) is 0.634. The Morgan fingerprint density at radius 1 is 1.19 bits per heavy atom. The molecule has 0 heterocycles. The van der Waals surface area contributed by atoms with Crippen LogP contribution in [0.25, 0.3) is 0 Å². The van der Waals surface area contributed by atoms with Crippen LogP contribution in [0.3, 0.4) is 0 Å². The largest absolute Gasteiger partial charge is 0.0807 e. The maximum atomic E-state index is 2.40. The predicted molar refractivity (Wildman–Crippen MR) is 68.7 cm³/mol. The molecule has 0 nitrogen and oxygen atoms in total. The van der Waals surface area contributed by atoms with Gasteiger partial charge in [0.1, 0.15) is 0 Å². The molecule has 0 N–H and O–H groups in total. The van der Waals surface area contributed by atoms with Crippen LogP contribution in [-0.2, 0) is 5.41 Å². The van der Waals surface area contributed by atoms with E-state index in [1.165, 1.54) is 17.6 Å². The van der Waals surface area contributed by atoms with E-state index < -0.39 is 0 Å². The fourth-order valence-corrected chi connectivity index (χ4v) is 3.27. The summed E-state index contributed by atoms with van der Waals surface area (Å²) in [4.78, 5) is 0. The summed E-state index contributed by atoms with van der Waals surface area (Å²) in [6.45, 7) is 6.93. The number of hydrogen-bond donors (Lipinski definition) is 0. The molecular formula is C16H18. The van der Waals surface area contributed by atoms with E-state index >= 15 is 0 Å². The molecule has 1 unspecified atom stereocenters. The second-order valence-corrected chi connectivity index (χ2v) is 5.55. The van der Waals surface area contributed by atoms with E-state index in [1.54, 1.807) is 11.1 Å². The number of rotatable bonds is 0. The smallest absolute Gasteiger partial charge is 0.0117 e. The molecule has 1 atom stereocenters. The summed E-state index contributed by atoms with van der Waals surface area (Å²) in [5, 5.41) is 0. The lowest BCUT2D eigenvalue weighted by molar-refractivity contribution is 0.610. The second-order valence-electron chi connectivity index (χ2n) is 5.55. The van der Waals surface area contributed by atoms with E-state index in [9.17, 15) is 0 Å². The highest BCUT2D eigenvalue weighted by atomic mass is 14.4. The number of fused-ring (bicyclic) bond motifs is 3. The molecule has 0 amide bonds. The van der Waals surface area contributed by atoms with Crippen LogP contribution in [0, 0.1) is 0 Å². The SMILES string of the molecule is CC1=CCC2C(=C1)C(C)(C)c1ccccc12. The Labute approximate surface area is 97.7 Å². The van der Waals surface area contributed by atoms with E-state index in [0.717, 1.165) is 0 Å². The number of hydrogen-bond acceptors (Lipinski definition) is 0. The molecule has 82 valence electrons. The Balaban J connectivity index is 2.23. The summed E-state index contributed by atoms with van der Waals surface area (Å²) < 4.78 is 0. The van der Waals surface area contributed by atoms with Gasteiger partial charge in [-0.3, -0.25) is 0 Å². The summed E-state index contributed by atoms with van der Waals surface area (Å²) >= 11 is 0. The third-order valence-corrected chi connectivity index (χ3v) is 4.17. The first-order valence-corrected chi connectivity index (χ1v) is 6.09. The zero-order chi connectivity index (χ0) is 11.3. The lowest BCUT2D eigenvalue weighted by atomic mass is 9.78. The average molecular weight is 210 g/mol. The number of allylic oxidation sites excluding steroid dienone is 4. The van der Waals surface area contributed by atoms with Crippen molar-refractivity contribution < 1.29 is 0 Å². The van der Waals surface area contributed by atoms with E-state index in [-0.39, 0.29) is 5.41 Å². The van der Waals surface area contributed by atoms with Gasteiger partial charge in [0.2, 0.25) is 0 Å². The van der Waals surface area contributed by atoms with Crippen LogP contribution in [0.1, 0.15) is 44.2 Å². The highest BCUT2D eigenvalue weighted by Crippen LogP contribution is 2.53. The predicted octanol–water partition coefficient (Wildman–Crippen LogP) is 4.34. The molecule has 0 fully saturated rings. The van der Waals surface area contributed by atoms with Crippen molar-refractivity contribution in [3.05, 3.63) is 58.7 Å². The third-order valence-electron chi connectivity index (χ3n) is 4.17. The molecule has 1 aromatic rings. The Morgan fingerprint density at radius 3 is 2.75 bits per heavy atom. The molecule has 0 saturated heterocycles. The van der Waals surface area contributed by atoms with Crippen LogP contribution in [0.2, 0.25) is 0 Å². The topological polar surface area (TPSA) is 0 Å². The van der Waals surface area contributed by atoms with Gasteiger partial charge >= 0.3 is 0 Å². The Morgan fingerprint density at radius 2 is 1.94 bits per heavy atom. The zero-order valence-corrected chi connectivity index (χ0v) is 10.2. The molecule has 0 radical (unpaired) electrons. The number of benzene rings is 1. The van der Waals surface area contributed by atoms with Crippen molar-refractivity contribution >= 4 is 0 Å². The average Bonchev–Trinajstić information content (AvgIpc) is 2.49. The fraction of sp³-hybridized carbons (Fsp3) is 0.375. The van der Waals surface area contributed by atoms with Crippen LogP contribution in [0.5, 0.6) is 0 Å². The Kier molecular flexibility index (Phi) is 1.92. The molecule has 16 heavy (non-hydrogen) atoms. The van der Waals surface area contributed by atoms with Crippen molar-refractivity contribution in [3.63, 3.8) is 0 Å². The lowest BCUT2D eigenvalue weighted by Crippen LogP contribution is -2.17. The van der Waals surface area contributed by atoms with Crippen LogP contribution in [-0.4, -0.2) is 0 Å². The minimum absolute atomic E-state index is 0.219. The summed E-state index contributed by atoms with van der Waals surface area (Å²) in [7, 11) is 0. The zero-order valence-electron chi connectivity index (χ0n) is 10.2. The van der Waals surface area contributed by atoms with Crippen molar-refractivity contribution in [2.75, 3.05) is 0 Å². The molecule has 0 bridgehead atoms. The van der Waals surface area contributed by atoms with Gasteiger partial charge in [-0.05, 0) is 24.5 Å². The fourth-order valence-electron chi connectivity index (χ4n) is 3.27. The van der Waals surface area contributed by atoms with Gasteiger partial charge in [-0.2, -0.15) is 0 Å². The van der Waals surface area contributed by atoms with Crippen LogP contribution in [0.15, 0.2) is 47.6 Å². The molecule has 0 saturated carbocycles. The van der Waals surface area contributed by atoms with Crippen molar-refractivity contribution in [2.24, 2.45) is 0 Å². The highest BCUT2D eigenvalue weighted by Gasteiger charge is 2.41. The third kappa shape index (κ3) is 1.16. The Hall–Kier alpha value is -1.30. The summed E-state index contributed by atoms with van der Waals surface area (Å²) in [6.07, 6.45) is 5.94. The van der Waals surface area contributed by atoms with Crippen molar-refractivity contribution in [1.29, 1.82) is 0 Å². The summed E-state index contributed by atoms with van der Waals surface area (Å²) in [5.41, 5.74) is 6.31. The van der Waals surface area contributed by atoms with Crippen molar-refractivity contribution in [3.8, 4) is 0 Å². The maximum Gasteiger partial charge on any atom is 0.0117 e. The highest BCUT2D eigenvalue weighted by molar-refractivity contribution is 5.57. The molecule has 0 heteroatoms. The first-order valence-electron chi connectivity index (χ1n) is 6.09. The van der Waals surface area contributed by atoms with Gasteiger partial charge < -0.3 is 0 Å². The van der Waals surface area contributed by atoms with Crippen LogP contribution in [0.4, 0.5) is 0 Å². The van der Waals surface area contributed by atoms with Gasteiger partial charge in [-0.25, -0.2) is 0 Å². The molecular weight excluding hydrogens is 192 g/mol. The standard InChI is InChI=1S/C16H18/c1-11-8-9-13-12-6-4-5-7-14(12)16(2,3)15(13)10-11/h4-8,10,13H,9H2,1-3H3. The summed E-state index contributed by atoms with van der Waals surface area (Å²) in [6, 6.07) is 8.93. The van der Waals surface area contributed by atoms with E-state index in [0.29, 0.717) is 5.92 Å². The molecule has 3 rings (SSSR count). The van der Waals surface area contributed by atoms with Crippen molar-refractivity contribution in [1.82, 2.24) is 0 Å². The van der Waals surface area contributed by atoms with E-state index in [4.69, 9.17) is 0 Å². The van der Waals surface area contributed by atoms with Gasteiger partial charge in [-0.1, -0.05) is 61.4 Å². The molecule has 0 aromatic heterocycles. The maximum absolute atomic E-state index is 2.40. The van der Waals surface area contributed by atoms with Gasteiger partial charge in [0, 0.05) is 11.3 Å². The molecule has 1 aromatic carbocycles. The lowest BCUT2D eigenvalue weighted by Gasteiger charge is -2.26. The van der Waals surface area contributed by atoms with Crippen molar-refractivity contribution in [2.45, 2.75) is 38.5 Å². The van der Waals surface area contributed by atoms with Crippen LogP contribution >= 0.6 is 0 Å². The second kappa shape index (κ2) is 3.10. The first kappa shape index (κ1) is 9.89. The molecule has 0 aliphatic heterocycles.